The standard InChI is InChI=1S/C14H15BrClNS/c15-14-5-4-13(18-14)8-11(9-17)6-10-2-1-3-12(16)7-10/h1-5,7,11H,6,8-9,17H2. The van der Waals surface area contributed by atoms with Crippen molar-refractivity contribution in [2.45, 2.75) is 12.8 Å². The third-order valence-electron chi connectivity index (χ3n) is 2.87. The van der Waals surface area contributed by atoms with Crippen LogP contribution in [0.25, 0.3) is 0 Å². The minimum absolute atomic E-state index is 0.467. The summed E-state index contributed by atoms with van der Waals surface area (Å²) in [6.07, 6.45) is 2.01. The number of rotatable bonds is 5. The van der Waals surface area contributed by atoms with Crippen molar-refractivity contribution in [2.24, 2.45) is 11.7 Å². The summed E-state index contributed by atoms with van der Waals surface area (Å²) < 4.78 is 1.18. The first-order chi connectivity index (χ1) is 8.67. The zero-order chi connectivity index (χ0) is 13.0. The van der Waals surface area contributed by atoms with Crippen LogP contribution < -0.4 is 5.73 Å². The predicted octanol–water partition coefficient (Wildman–Crippen LogP) is 4.52. The van der Waals surface area contributed by atoms with E-state index < -0.39 is 0 Å². The summed E-state index contributed by atoms with van der Waals surface area (Å²) in [5.41, 5.74) is 7.13. The molecule has 0 aliphatic rings. The molecule has 0 aliphatic carbocycles. The molecule has 96 valence electrons. The second kappa shape index (κ2) is 6.71. The van der Waals surface area contributed by atoms with Gasteiger partial charge in [-0.3, -0.25) is 0 Å². The Kier molecular flexibility index (Phi) is 5.25. The molecular formula is C14H15BrClNS. The van der Waals surface area contributed by atoms with Crippen LogP contribution >= 0.6 is 38.9 Å². The average Bonchev–Trinajstić information content (AvgIpc) is 2.74. The molecule has 2 aromatic rings. The molecule has 0 bridgehead atoms. The van der Waals surface area contributed by atoms with Gasteiger partial charge in [-0.15, -0.1) is 11.3 Å². The molecule has 0 radical (unpaired) electrons. The fourth-order valence-electron chi connectivity index (χ4n) is 1.98. The van der Waals surface area contributed by atoms with Crippen LogP contribution in [0.2, 0.25) is 5.02 Å². The van der Waals surface area contributed by atoms with Crippen LogP contribution in [0.4, 0.5) is 0 Å². The van der Waals surface area contributed by atoms with E-state index in [1.54, 1.807) is 11.3 Å². The van der Waals surface area contributed by atoms with E-state index in [1.807, 2.05) is 18.2 Å². The topological polar surface area (TPSA) is 26.0 Å². The quantitative estimate of drug-likeness (QED) is 0.847. The summed E-state index contributed by atoms with van der Waals surface area (Å²) in [7, 11) is 0. The van der Waals surface area contributed by atoms with Gasteiger partial charge in [0.25, 0.3) is 0 Å². The van der Waals surface area contributed by atoms with Gasteiger partial charge in [-0.25, -0.2) is 0 Å². The van der Waals surface area contributed by atoms with Crippen LogP contribution in [-0.2, 0) is 12.8 Å². The summed E-state index contributed by atoms with van der Waals surface area (Å²) in [5, 5.41) is 0.794. The molecule has 0 spiro atoms. The van der Waals surface area contributed by atoms with Gasteiger partial charge >= 0.3 is 0 Å². The van der Waals surface area contributed by atoms with E-state index in [-0.39, 0.29) is 0 Å². The lowest BCUT2D eigenvalue weighted by Gasteiger charge is -2.13. The molecule has 18 heavy (non-hydrogen) atoms. The Hall–Kier alpha value is -0.350. The second-order valence-electron chi connectivity index (χ2n) is 4.35. The molecule has 0 amide bonds. The molecule has 2 rings (SSSR count). The van der Waals surface area contributed by atoms with Gasteiger partial charge in [-0.2, -0.15) is 0 Å². The second-order valence-corrected chi connectivity index (χ2v) is 7.33. The van der Waals surface area contributed by atoms with Crippen molar-refractivity contribution in [2.75, 3.05) is 6.54 Å². The maximum Gasteiger partial charge on any atom is 0.0701 e. The van der Waals surface area contributed by atoms with E-state index in [2.05, 4.69) is 34.1 Å². The Morgan fingerprint density at radius 3 is 2.67 bits per heavy atom. The first kappa shape index (κ1) is 14.1. The highest BCUT2D eigenvalue weighted by Crippen LogP contribution is 2.25. The molecule has 1 aromatic heterocycles. The Bertz CT molecular complexity index is 512. The zero-order valence-electron chi connectivity index (χ0n) is 9.90. The number of thiophene rings is 1. The Morgan fingerprint density at radius 1 is 1.22 bits per heavy atom. The van der Waals surface area contributed by atoms with Gasteiger partial charge in [0.15, 0.2) is 0 Å². The van der Waals surface area contributed by atoms with Crippen molar-refractivity contribution < 1.29 is 0 Å². The van der Waals surface area contributed by atoms with Gasteiger partial charge in [-0.1, -0.05) is 23.7 Å². The van der Waals surface area contributed by atoms with Crippen LogP contribution in [0.1, 0.15) is 10.4 Å². The molecule has 2 N–H and O–H groups in total. The monoisotopic (exact) mass is 343 g/mol. The molecule has 1 aromatic carbocycles. The van der Waals surface area contributed by atoms with Crippen molar-refractivity contribution in [3.05, 3.63) is 55.6 Å². The summed E-state index contributed by atoms with van der Waals surface area (Å²) in [6, 6.07) is 12.3. The lowest BCUT2D eigenvalue weighted by atomic mass is 9.96. The van der Waals surface area contributed by atoms with Gasteiger partial charge in [0, 0.05) is 9.90 Å². The summed E-state index contributed by atoms with van der Waals surface area (Å²) in [6.45, 7) is 0.696. The SMILES string of the molecule is NCC(Cc1cccc(Cl)c1)Cc1ccc(Br)s1. The Labute approximate surface area is 125 Å². The van der Waals surface area contributed by atoms with Gasteiger partial charge < -0.3 is 5.73 Å². The molecule has 0 saturated carbocycles. The van der Waals surface area contributed by atoms with Gasteiger partial charge in [-0.05, 0) is 71.1 Å². The molecule has 1 atom stereocenters. The van der Waals surface area contributed by atoms with E-state index in [0.29, 0.717) is 12.5 Å². The largest absolute Gasteiger partial charge is 0.330 e. The normalized spacial score (nSPS) is 12.6. The highest BCUT2D eigenvalue weighted by Gasteiger charge is 2.10. The molecule has 1 unspecified atom stereocenters. The number of hydrogen-bond acceptors (Lipinski definition) is 2. The summed E-state index contributed by atoms with van der Waals surface area (Å²) in [5.74, 6) is 0.467. The third kappa shape index (κ3) is 4.09. The number of benzene rings is 1. The summed E-state index contributed by atoms with van der Waals surface area (Å²) >= 11 is 11.3. The van der Waals surface area contributed by atoms with Crippen molar-refractivity contribution in [1.29, 1.82) is 0 Å². The van der Waals surface area contributed by atoms with Crippen LogP contribution in [0, 0.1) is 5.92 Å². The van der Waals surface area contributed by atoms with E-state index >= 15 is 0 Å². The first-order valence-electron chi connectivity index (χ1n) is 5.86. The molecule has 4 heteroatoms. The lowest BCUT2D eigenvalue weighted by Crippen LogP contribution is -2.18. The average molecular weight is 345 g/mol. The van der Waals surface area contributed by atoms with Crippen LogP contribution in [0.5, 0.6) is 0 Å². The highest BCUT2D eigenvalue weighted by molar-refractivity contribution is 9.11. The van der Waals surface area contributed by atoms with Crippen molar-refractivity contribution >= 4 is 38.9 Å². The summed E-state index contributed by atoms with van der Waals surface area (Å²) in [4.78, 5) is 1.37. The van der Waals surface area contributed by atoms with Crippen LogP contribution in [0.15, 0.2) is 40.2 Å². The minimum atomic E-state index is 0.467. The van der Waals surface area contributed by atoms with Gasteiger partial charge in [0.1, 0.15) is 0 Å². The molecule has 0 fully saturated rings. The van der Waals surface area contributed by atoms with Crippen molar-refractivity contribution in [1.82, 2.24) is 0 Å². The minimum Gasteiger partial charge on any atom is -0.330 e. The van der Waals surface area contributed by atoms with E-state index in [1.165, 1.54) is 14.2 Å². The smallest absolute Gasteiger partial charge is 0.0701 e. The first-order valence-corrected chi connectivity index (χ1v) is 7.85. The fraction of sp³-hybridized carbons (Fsp3) is 0.286. The number of nitrogens with two attached hydrogens (primary N) is 1. The van der Waals surface area contributed by atoms with Crippen molar-refractivity contribution in [3.63, 3.8) is 0 Å². The zero-order valence-corrected chi connectivity index (χ0v) is 13.1. The predicted molar refractivity (Wildman–Crippen MR) is 83.4 cm³/mol. The maximum absolute atomic E-state index is 6.00. The van der Waals surface area contributed by atoms with Crippen molar-refractivity contribution in [3.8, 4) is 0 Å². The molecule has 1 heterocycles. The van der Waals surface area contributed by atoms with Crippen LogP contribution in [-0.4, -0.2) is 6.54 Å². The number of hydrogen-bond donors (Lipinski definition) is 1. The van der Waals surface area contributed by atoms with Gasteiger partial charge in [0.2, 0.25) is 0 Å². The lowest BCUT2D eigenvalue weighted by molar-refractivity contribution is 0.537. The van der Waals surface area contributed by atoms with E-state index in [9.17, 15) is 0 Å². The molecule has 0 aliphatic heterocycles. The fourth-order valence-corrected chi connectivity index (χ4v) is 3.79. The molecule has 0 saturated heterocycles. The third-order valence-corrected chi connectivity index (χ3v) is 4.75. The number of halogens is 2. The molecular weight excluding hydrogens is 330 g/mol. The maximum atomic E-state index is 6.00. The van der Waals surface area contributed by atoms with Crippen LogP contribution in [0.3, 0.4) is 0 Å². The Morgan fingerprint density at radius 2 is 2.06 bits per heavy atom. The highest BCUT2D eigenvalue weighted by atomic mass is 79.9. The van der Waals surface area contributed by atoms with Gasteiger partial charge in [0.05, 0.1) is 3.79 Å². The van der Waals surface area contributed by atoms with E-state index in [4.69, 9.17) is 17.3 Å². The Balaban J connectivity index is 2.01. The van der Waals surface area contributed by atoms with E-state index in [0.717, 1.165) is 17.9 Å². The molecule has 1 nitrogen and oxygen atoms in total.